The van der Waals surface area contributed by atoms with Gasteiger partial charge >= 0.3 is 5.97 Å². The first kappa shape index (κ1) is 12.8. The first-order chi connectivity index (χ1) is 8.60. The molecule has 0 bridgehead atoms. The van der Waals surface area contributed by atoms with Crippen molar-refractivity contribution in [1.82, 2.24) is 4.98 Å². The van der Waals surface area contributed by atoms with Crippen LogP contribution in [0.1, 0.15) is 30.1 Å². The van der Waals surface area contributed by atoms with Crippen LogP contribution >= 0.6 is 0 Å². The Morgan fingerprint density at radius 2 is 2.39 bits per heavy atom. The van der Waals surface area contributed by atoms with Crippen LogP contribution in [0.4, 0.5) is 10.2 Å². The zero-order valence-electron chi connectivity index (χ0n) is 10.0. The molecule has 0 atom stereocenters. The maximum Gasteiger partial charge on any atom is 0.339 e. The number of pyridine rings is 1. The fourth-order valence-electron chi connectivity index (χ4n) is 1.97. The number of carboxylic acids is 1. The van der Waals surface area contributed by atoms with E-state index in [1.807, 2.05) is 6.92 Å². The predicted molar refractivity (Wildman–Crippen MR) is 63.2 cm³/mol. The first-order valence-corrected chi connectivity index (χ1v) is 5.87. The molecule has 0 amide bonds. The molecular weight excluding hydrogens is 239 g/mol. The predicted octanol–water partition coefficient (Wildman–Crippen LogP) is 1.90. The van der Waals surface area contributed by atoms with Gasteiger partial charge in [-0.25, -0.2) is 14.2 Å². The summed E-state index contributed by atoms with van der Waals surface area (Å²) in [6.07, 6.45) is 2.85. The molecule has 98 valence electrons. The zero-order chi connectivity index (χ0) is 13.1. The van der Waals surface area contributed by atoms with Gasteiger partial charge in [0.2, 0.25) is 0 Å². The molecule has 2 N–H and O–H groups in total. The number of aromatic carboxylic acids is 1. The number of hydrogen-bond acceptors (Lipinski definition) is 4. The average molecular weight is 254 g/mol. The highest BCUT2D eigenvalue weighted by atomic mass is 19.1. The lowest BCUT2D eigenvalue weighted by Crippen LogP contribution is -2.41. The van der Waals surface area contributed by atoms with Gasteiger partial charge in [-0.05, 0) is 25.8 Å². The van der Waals surface area contributed by atoms with Gasteiger partial charge in [0.05, 0.1) is 12.3 Å². The molecule has 0 unspecified atom stereocenters. The molecule has 0 spiro atoms. The number of nitrogens with zero attached hydrogens (tertiary/aromatic N) is 1. The van der Waals surface area contributed by atoms with E-state index in [4.69, 9.17) is 9.84 Å². The second-order valence-corrected chi connectivity index (χ2v) is 4.24. The molecule has 0 radical (unpaired) electrons. The quantitative estimate of drug-likeness (QED) is 0.839. The van der Waals surface area contributed by atoms with Crippen LogP contribution in [0, 0.1) is 5.82 Å². The van der Waals surface area contributed by atoms with Crippen LogP contribution in [0.5, 0.6) is 0 Å². The number of rotatable bonds is 5. The van der Waals surface area contributed by atoms with Crippen molar-refractivity contribution in [2.75, 3.05) is 11.9 Å². The topological polar surface area (TPSA) is 71.5 Å². The molecule has 1 aliphatic carbocycles. The van der Waals surface area contributed by atoms with Crippen LogP contribution in [-0.2, 0) is 4.74 Å². The van der Waals surface area contributed by atoms with E-state index in [9.17, 15) is 9.18 Å². The number of halogens is 1. The lowest BCUT2D eigenvalue weighted by molar-refractivity contribution is 0.00291. The van der Waals surface area contributed by atoms with Crippen molar-refractivity contribution in [3.8, 4) is 0 Å². The highest BCUT2D eigenvalue weighted by Crippen LogP contribution is 2.27. The second-order valence-electron chi connectivity index (χ2n) is 4.24. The Kier molecular flexibility index (Phi) is 3.76. The average Bonchev–Trinajstić information content (AvgIpc) is 2.28. The number of ether oxygens (including phenoxy) is 1. The summed E-state index contributed by atoms with van der Waals surface area (Å²) in [5, 5.41) is 12.0. The summed E-state index contributed by atoms with van der Waals surface area (Å²) >= 11 is 0. The summed E-state index contributed by atoms with van der Waals surface area (Å²) in [6.45, 7) is 2.61. The van der Waals surface area contributed by atoms with Crippen molar-refractivity contribution in [1.29, 1.82) is 0 Å². The van der Waals surface area contributed by atoms with Gasteiger partial charge in [-0.15, -0.1) is 0 Å². The minimum atomic E-state index is -1.19. The van der Waals surface area contributed by atoms with Crippen LogP contribution in [0.2, 0.25) is 0 Å². The molecule has 6 heteroatoms. The van der Waals surface area contributed by atoms with E-state index in [1.165, 1.54) is 0 Å². The first-order valence-electron chi connectivity index (χ1n) is 5.87. The van der Waals surface area contributed by atoms with Crippen LogP contribution in [0.25, 0.3) is 0 Å². The molecule has 0 saturated heterocycles. The SMILES string of the molecule is CCOC1CC(Nc2ncc(F)cc2C(=O)O)C1. The number of aromatic nitrogens is 1. The van der Waals surface area contributed by atoms with Gasteiger partial charge in [-0.2, -0.15) is 0 Å². The summed E-state index contributed by atoms with van der Waals surface area (Å²) < 4.78 is 18.3. The standard InChI is InChI=1S/C12H15FN2O3/c1-2-18-9-4-8(5-9)15-11-10(12(16)17)3-7(13)6-14-11/h3,6,8-9H,2,4-5H2,1H3,(H,14,15)(H,16,17). The minimum absolute atomic E-state index is 0.137. The minimum Gasteiger partial charge on any atom is -0.478 e. The smallest absolute Gasteiger partial charge is 0.339 e. The molecule has 1 saturated carbocycles. The molecule has 5 nitrogen and oxygen atoms in total. The van der Waals surface area contributed by atoms with Gasteiger partial charge in [0, 0.05) is 12.6 Å². The van der Waals surface area contributed by atoms with Crippen molar-refractivity contribution in [2.45, 2.75) is 31.9 Å². The van der Waals surface area contributed by atoms with E-state index >= 15 is 0 Å². The maximum absolute atomic E-state index is 12.9. The molecule has 0 aliphatic heterocycles. The molecule has 1 aromatic heterocycles. The van der Waals surface area contributed by atoms with Crippen molar-refractivity contribution in [2.24, 2.45) is 0 Å². The summed E-state index contributed by atoms with van der Waals surface area (Å²) in [6, 6.07) is 1.11. The molecule has 18 heavy (non-hydrogen) atoms. The van der Waals surface area contributed by atoms with Gasteiger partial charge in [-0.3, -0.25) is 0 Å². The number of carbonyl (C=O) groups is 1. The van der Waals surface area contributed by atoms with Crippen LogP contribution in [0.15, 0.2) is 12.3 Å². The lowest BCUT2D eigenvalue weighted by atomic mass is 9.89. The third-order valence-electron chi connectivity index (χ3n) is 2.92. The Bertz CT molecular complexity index is 447. The van der Waals surface area contributed by atoms with Crippen LogP contribution < -0.4 is 5.32 Å². The summed E-state index contributed by atoms with van der Waals surface area (Å²) in [7, 11) is 0. The molecule has 1 aliphatic rings. The molecule has 0 aromatic carbocycles. The molecule has 1 aromatic rings. The number of anilines is 1. The van der Waals surface area contributed by atoms with Crippen LogP contribution in [0.3, 0.4) is 0 Å². The van der Waals surface area contributed by atoms with Crippen molar-refractivity contribution in [3.63, 3.8) is 0 Å². The number of carboxylic acid groups (broad SMARTS) is 1. The lowest BCUT2D eigenvalue weighted by Gasteiger charge is -2.35. The maximum atomic E-state index is 12.9. The number of nitrogens with one attached hydrogen (secondary N) is 1. The highest BCUT2D eigenvalue weighted by Gasteiger charge is 2.30. The Morgan fingerprint density at radius 1 is 1.67 bits per heavy atom. The van der Waals surface area contributed by atoms with Crippen molar-refractivity contribution >= 4 is 11.8 Å². The highest BCUT2D eigenvalue weighted by molar-refractivity contribution is 5.93. The summed E-state index contributed by atoms with van der Waals surface area (Å²) in [5.41, 5.74) is -0.144. The van der Waals surface area contributed by atoms with E-state index < -0.39 is 11.8 Å². The zero-order valence-corrected chi connectivity index (χ0v) is 10.0. The van der Waals surface area contributed by atoms with Gasteiger partial charge in [0.25, 0.3) is 0 Å². The number of hydrogen-bond donors (Lipinski definition) is 2. The Labute approximate surface area is 104 Å². The third-order valence-corrected chi connectivity index (χ3v) is 2.92. The molecule has 1 heterocycles. The van der Waals surface area contributed by atoms with Crippen molar-refractivity contribution in [3.05, 3.63) is 23.6 Å². The second kappa shape index (κ2) is 5.30. The summed E-state index contributed by atoms with van der Waals surface area (Å²) in [4.78, 5) is 14.7. The Morgan fingerprint density at radius 3 is 3.00 bits per heavy atom. The fourth-order valence-corrected chi connectivity index (χ4v) is 1.97. The van der Waals surface area contributed by atoms with Crippen LogP contribution in [-0.4, -0.2) is 34.8 Å². The van der Waals surface area contributed by atoms with Gasteiger partial charge < -0.3 is 15.2 Å². The summed E-state index contributed by atoms with van der Waals surface area (Å²) in [5.74, 6) is -1.63. The van der Waals surface area contributed by atoms with E-state index in [-0.39, 0.29) is 23.5 Å². The Balaban J connectivity index is 2.00. The molecular formula is C12H15FN2O3. The van der Waals surface area contributed by atoms with E-state index in [1.54, 1.807) is 0 Å². The molecule has 2 rings (SSSR count). The van der Waals surface area contributed by atoms with Crippen molar-refractivity contribution < 1.29 is 19.0 Å². The van der Waals surface area contributed by atoms with E-state index in [0.717, 1.165) is 25.1 Å². The van der Waals surface area contributed by atoms with Gasteiger partial charge in [0.1, 0.15) is 17.2 Å². The van der Waals surface area contributed by atoms with Gasteiger partial charge in [-0.1, -0.05) is 0 Å². The Hall–Kier alpha value is -1.69. The third kappa shape index (κ3) is 2.76. The normalized spacial score (nSPS) is 22.3. The van der Waals surface area contributed by atoms with E-state index in [2.05, 4.69) is 10.3 Å². The molecule has 1 fully saturated rings. The largest absolute Gasteiger partial charge is 0.478 e. The fraction of sp³-hybridized carbons (Fsp3) is 0.500. The van der Waals surface area contributed by atoms with Gasteiger partial charge in [0.15, 0.2) is 0 Å². The monoisotopic (exact) mass is 254 g/mol. The van der Waals surface area contributed by atoms with E-state index in [0.29, 0.717) is 6.61 Å².